The van der Waals surface area contributed by atoms with Crippen molar-refractivity contribution in [2.24, 2.45) is 11.5 Å². The van der Waals surface area contributed by atoms with Crippen molar-refractivity contribution >= 4 is 23.8 Å². The van der Waals surface area contributed by atoms with E-state index in [-0.39, 0.29) is 6.42 Å². The Hall–Kier alpha value is -2.20. The monoisotopic (exact) mass is 318 g/mol. The maximum atomic E-state index is 12.0. The number of carbonyl (C=O) groups excluding carboxylic acids is 2. The van der Waals surface area contributed by atoms with Crippen molar-refractivity contribution in [2.45, 2.75) is 37.8 Å². The summed E-state index contributed by atoms with van der Waals surface area (Å²) in [6, 6.07) is -2.56. The first-order chi connectivity index (χ1) is 10.3. The highest BCUT2D eigenvalue weighted by atomic mass is 16.4. The lowest BCUT2D eigenvalue weighted by Gasteiger charge is -2.20. The molecule has 0 rings (SSSR count). The van der Waals surface area contributed by atoms with Gasteiger partial charge in [0.05, 0.1) is 13.0 Å². The van der Waals surface area contributed by atoms with E-state index in [1.54, 1.807) is 0 Å². The fourth-order valence-corrected chi connectivity index (χ4v) is 1.66. The van der Waals surface area contributed by atoms with E-state index >= 15 is 0 Å². The summed E-state index contributed by atoms with van der Waals surface area (Å²) in [6.45, 7) is -0.0171. The summed E-state index contributed by atoms with van der Waals surface area (Å²) >= 11 is 0. The van der Waals surface area contributed by atoms with Gasteiger partial charge < -0.3 is 32.3 Å². The minimum Gasteiger partial charge on any atom is -0.481 e. The molecule has 2 amide bonds. The summed E-state index contributed by atoms with van der Waals surface area (Å²) in [5.41, 5.74) is 10.4. The SMILES string of the molecule is NCCCC[C@H](NC(=O)[C@H](CC(=O)O)NC(=O)CN)C(=O)O. The average Bonchev–Trinajstić information content (AvgIpc) is 2.44. The van der Waals surface area contributed by atoms with Crippen LogP contribution in [0.2, 0.25) is 0 Å². The third-order valence-corrected chi connectivity index (χ3v) is 2.78. The van der Waals surface area contributed by atoms with E-state index in [0.717, 1.165) is 0 Å². The number of rotatable bonds is 11. The van der Waals surface area contributed by atoms with Gasteiger partial charge in [-0.15, -0.1) is 0 Å². The van der Waals surface area contributed by atoms with E-state index in [1.165, 1.54) is 0 Å². The van der Waals surface area contributed by atoms with Crippen LogP contribution in [0, 0.1) is 0 Å². The lowest BCUT2D eigenvalue weighted by Crippen LogP contribution is -2.53. The molecule has 0 fully saturated rings. The maximum Gasteiger partial charge on any atom is 0.326 e. The van der Waals surface area contributed by atoms with E-state index < -0.39 is 48.8 Å². The van der Waals surface area contributed by atoms with E-state index in [1.807, 2.05) is 0 Å². The van der Waals surface area contributed by atoms with Gasteiger partial charge in [-0.1, -0.05) is 0 Å². The molecule has 0 aromatic heterocycles. The van der Waals surface area contributed by atoms with Gasteiger partial charge in [0, 0.05) is 0 Å². The number of unbranched alkanes of at least 4 members (excludes halogenated alkanes) is 1. The number of amides is 2. The summed E-state index contributed by atoms with van der Waals surface area (Å²) in [5, 5.41) is 22.1. The quantitative estimate of drug-likeness (QED) is 0.228. The Balaban J connectivity index is 4.76. The number of hydrogen-bond acceptors (Lipinski definition) is 6. The predicted octanol–water partition coefficient (Wildman–Crippen LogP) is -2.40. The normalized spacial score (nSPS) is 13.0. The smallest absolute Gasteiger partial charge is 0.326 e. The Morgan fingerprint density at radius 2 is 1.59 bits per heavy atom. The summed E-state index contributed by atoms with van der Waals surface area (Å²) in [6.07, 6.45) is 0.574. The van der Waals surface area contributed by atoms with Gasteiger partial charge in [-0.25, -0.2) is 4.79 Å². The number of aliphatic carboxylic acids is 2. The molecule has 0 aromatic rings. The molecular weight excluding hydrogens is 296 g/mol. The van der Waals surface area contributed by atoms with Crippen molar-refractivity contribution in [1.29, 1.82) is 0 Å². The summed E-state index contributed by atoms with van der Waals surface area (Å²) in [4.78, 5) is 45.0. The Kier molecular flexibility index (Phi) is 9.46. The molecular formula is C12H22N4O6. The zero-order valence-corrected chi connectivity index (χ0v) is 12.1. The minimum atomic E-state index is -1.38. The van der Waals surface area contributed by atoms with Crippen molar-refractivity contribution in [1.82, 2.24) is 10.6 Å². The van der Waals surface area contributed by atoms with Gasteiger partial charge in [-0.3, -0.25) is 14.4 Å². The first kappa shape index (κ1) is 19.8. The molecule has 10 heteroatoms. The van der Waals surface area contributed by atoms with Crippen LogP contribution in [0.3, 0.4) is 0 Å². The van der Waals surface area contributed by atoms with Crippen molar-refractivity contribution < 1.29 is 29.4 Å². The second-order valence-electron chi connectivity index (χ2n) is 4.61. The van der Waals surface area contributed by atoms with Crippen LogP contribution >= 0.6 is 0 Å². The number of nitrogens with one attached hydrogen (secondary N) is 2. The van der Waals surface area contributed by atoms with Crippen molar-refractivity contribution in [3.05, 3.63) is 0 Å². The number of carbonyl (C=O) groups is 4. The molecule has 2 atom stereocenters. The summed E-state index contributed by atoms with van der Waals surface area (Å²) in [5.74, 6) is -4.15. The molecule has 0 radical (unpaired) electrons. The zero-order valence-electron chi connectivity index (χ0n) is 12.1. The van der Waals surface area contributed by atoms with Crippen LogP contribution in [0.15, 0.2) is 0 Å². The lowest BCUT2D eigenvalue weighted by atomic mass is 10.1. The fourth-order valence-electron chi connectivity index (χ4n) is 1.66. The standard InChI is InChI=1S/C12H22N4O6/c13-4-2-1-3-7(12(21)22)16-11(20)8(5-10(18)19)15-9(17)6-14/h7-8H,1-6,13-14H2,(H,15,17)(H,16,20)(H,18,19)(H,21,22)/t7-,8-/m0/s1. The van der Waals surface area contributed by atoms with E-state index in [0.29, 0.717) is 19.4 Å². The van der Waals surface area contributed by atoms with Crippen LogP contribution in [0.1, 0.15) is 25.7 Å². The molecule has 8 N–H and O–H groups in total. The van der Waals surface area contributed by atoms with Gasteiger partial charge in [-0.2, -0.15) is 0 Å². The second-order valence-corrected chi connectivity index (χ2v) is 4.61. The second kappa shape index (κ2) is 10.5. The third-order valence-electron chi connectivity index (χ3n) is 2.78. The molecule has 0 unspecified atom stereocenters. The van der Waals surface area contributed by atoms with Gasteiger partial charge >= 0.3 is 11.9 Å². The Bertz CT molecular complexity index is 414. The minimum absolute atomic E-state index is 0.156. The van der Waals surface area contributed by atoms with Gasteiger partial charge in [0.2, 0.25) is 11.8 Å². The third kappa shape index (κ3) is 8.17. The molecule has 0 aliphatic heterocycles. The molecule has 22 heavy (non-hydrogen) atoms. The number of carboxylic acid groups (broad SMARTS) is 2. The molecule has 126 valence electrons. The maximum absolute atomic E-state index is 12.0. The Morgan fingerprint density at radius 1 is 0.955 bits per heavy atom. The largest absolute Gasteiger partial charge is 0.481 e. The van der Waals surface area contributed by atoms with Crippen LogP contribution in [0.25, 0.3) is 0 Å². The molecule has 0 spiro atoms. The molecule has 0 aliphatic carbocycles. The predicted molar refractivity (Wildman–Crippen MR) is 75.7 cm³/mol. The first-order valence-electron chi connectivity index (χ1n) is 6.76. The van der Waals surface area contributed by atoms with Gasteiger partial charge in [0.1, 0.15) is 12.1 Å². The van der Waals surface area contributed by atoms with Gasteiger partial charge in [0.15, 0.2) is 0 Å². The fraction of sp³-hybridized carbons (Fsp3) is 0.667. The first-order valence-corrected chi connectivity index (χ1v) is 6.76. The van der Waals surface area contributed by atoms with Crippen LogP contribution in [0.5, 0.6) is 0 Å². The number of nitrogens with two attached hydrogens (primary N) is 2. The van der Waals surface area contributed by atoms with Crippen LogP contribution < -0.4 is 22.1 Å². The van der Waals surface area contributed by atoms with E-state index in [2.05, 4.69) is 10.6 Å². The van der Waals surface area contributed by atoms with Crippen LogP contribution in [-0.2, 0) is 19.2 Å². The lowest BCUT2D eigenvalue weighted by molar-refractivity contribution is -0.143. The van der Waals surface area contributed by atoms with Gasteiger partial charge in [0.25, 0.3) is 0 Å². The highest BCUT2D eigenvalue weighted by Crippen LogP contribution is 2.02. The van der Waals surface area contributed by atoms with Crippen molar-refractivity contribution in [3.8, 4) is 0 Å². The molecule has 0 aliphatic rings. The molecule has 0 heterocycles. The summed E-state index contributed by atoms with van der Waals surface area (Å²) < 4.78 is 0. The Labute approximate surface area is 127 Å². The van der Waals surface area contributed by atoms with Crippen LogP contribution in [0.4, 0.5) is 0 Å². The number of carboxylic acids is 2. The van der Waals surface area contributed by atoms with Crippen molar-refractivity contribution in [2.75, 3.05) is 13.1 Å². The van der Waals surface area contributed by atoms with Crippen LogP contribution in [-0.4, -0.2) is 59.1 Å². The van der Waals surface area contributed by atoms with Gasteiger partial charge in [-0.05, 0) is 25.8 Å². The van der Waals surface area contributed by atoms with E-state index in [9.17, 15) is 19.2 Å². The highest BCUT2D eigenvalue weighted by Gasteiger charge is 2.27. The molecule has 10 nitrogen and oxygen atoms in total. The topological polar surface area (TPSA) is 185 Å². The van der Waals surface area contributed by atoms with Crippen molar-refractivity contribution in [3.63, 3.8) is 0 Å². The Morgan fingerprint density at radius 3 is 2.05 bits per heavy atom. The highest BCUT2D eigenvalue weighted by molar-refractivity contribution is 5.93. The zero-order chi connectivity index (χ0) is 17.1. The summed E-state index contributed by atoms with van der Waals surface area (Å²) in [7, 11) is 0. The molecule has 0 aromatic carbocycles. The molecule has 0 saturated heterocycles. The van der Waals surface area contributed by atoms with E-state index in [4.69, 9.17) is 21.7 Å². The molecule has 0 bridgehead atoms. The molecule has 0 saturated carbocycles. The number of hydrogen-bond donors (Lipinski definition) is 6. The average molecular weight is 318 g/mol.